The monoisotopic (exact) mass is 359 g/mol. The number of likely N-dealkylation sites (tertiary alicyclic amines) is 1. The predicted molar refractivity (Wildman–Crippen MR) is 95.1 cm³/mol. The van der Waals surface area contributed by atoms with Crippen molar-refractivity contribution in [3.05, 3.63) is 47.9 Å². The maximum absolute atomic E-state index is 14.9. The first-order valence-corrected chi connectivity index (χ1v) is 9.02. The molecular weight excluding hydrogens is 336 g/mol. The quantitative estimate of drug-likeness (QED) is 0.843. The van der Waals surface area contributed by atoms with Crippen molar-refractivity contribution in [2.24, 2.45) is 5.41 Å². The predicted octanol–water partition coefficient (Wildman–Crippen LogP) is 2.92. The van der Waals surface area contributed by atoms with Crippen LogP contribution in [0.15, 0.2) is 36.7 Å². The smallest absolute Gasteiger partial charge is 0.257 e. The van der Waals surface area contributed by atoms with Gasteiger partial charge in [0.2, 0.25) is 0 Å². The maximum atomic E-state index is 14.9. The third kappa shape index (κ3) is 3.16. The van der Waals surface area contributed by atoms with Crippen molar-refractivity contribution in [1.29, 1.82) is 0 Å². The summed E-state index contributed by atoms with van der Waals surface area (Å²) in [5.74, 6) is -1.97. The SMILES string of the molecule is Cc1ccc(N2CC[C@]3(CN(Cc4cccnc4)CCC3(F)F)C2)nn1. The van der Waals surface area contributed by atoms with E-state index in [0.29, 0.717) is 45.0 Å². The van der Waals surface area contributed by atoms with Gasteiger partial charge < -0.3 is 4.90 Å². The van der Waals surface area contributed by atoms with Gasteiger partial charge >= 0.3 is 0 Å². The van der Waals surface area contributed by atoms with Crippen LogP contribution in [0.5, 0.6) is 0 Å². The molecule has 2 aliphatic heterocycles. The summed E-state index contributed by atoms with van der Waals surface area (Å²) >= 11 is 0. The Labute approximate surface area is 152 Å². The third-order valence-corrected chi connectivity index (χ3v) is 5.63. The molecule has 4 heterocycles. The Morgan fingerprint density at radius 3 is 2.69 bits per heavy atom. The first-order chi connectivity index (χ1) is 12.5. The number of alkyl halides is 2. The zero-order valence-corrected chi connectivity index (χ0v) is 14.9. The molecule has 2 aromatic rings. The summed E-state index contributed by atoms with van der Waals surface area (Å²) in [6, 6.07) is 7.63. The van der Waals surface area contributed by atoms with Crippen molar-refractivity contribution in [2.45, 2.75) is 32.2 Å². The highest BCUT2D eigenvalue weighted by Crippen LogP contribution is 2.50. The minimum absolute atomic E-state index is 0.0965. The highest BCUT2D eigenvalue weighted by Gasteiger charge is 2.59. The van der Waals surface area contributed by atoms with E-state index in [1.165, 1.54) is 0 Å². The topological polar surface area (TPSA) is 45.2 Å². The normalized spacial score (nSPS) is 25.7. The number of aryl methyl sites for hydroxylation is 1. The highest BCUT2D eigenvalue weighted by molar-refractivity contribution is 5.40. The number of halogens is 2. The molecule has 2 fully saturated rings. The van der Waals surface area contributed by atoms with Crippen LogP contribution in [0.3, 0.4) is 0 Å². The van der Waals surface area contributed by atoms with E-state index in [9.17, 15) is 8.78 Å². The molecule has 2 saturated heterocycles. The fourth-order valence-electron chi connectivity index (χ4n) is 4.13. The van der Waals surface area contributed by atoms with Gasteiger partial charge in [-0.05, 0) is 37.1 Å². The van der Waals surface area contributed by atoms with Crippen LogP contribution < -0.4 is 4.90 Å². The van der Waals surface area contributed by atoms with E-state index in [2.05, 4.69) is 20.1 Å². The first-order valence-electron chi connectivity index (χ1n) is 9.02. The van der Waals surface area contributed by atoms with Crippen LogP contribution >= 0.6 is 0 Å². The summed E-state index contributed by atoms with van der Waals surface area (Å²) in [7, 11) is 0. The molecule has 4 rings (SSSR count). The Hall–Kier alpha value is -2.15. The van der Waals surface area contributed by atoms with Gasteiger partial charge in [0.1, 0.15) is 0 Å². The van der Waals surface area contributed by atoms with Crippen LogP contribution in [-0.4, -0.2) is 52.2 Å². The third-order valence-electron chi connectivity index (χ3n) is 5.63. The van der Waals surface area contributed by atoms with Crippen LogP contribution in [0.2, 0.25) is 0 Å². The van der Waals surface area contributed by atoms with Crippen LogP contribution in [0, 0.1) is 12.3 Å². The molecule has 0 radical (unpaired) electrons. The maximum Gasteiger partial charge on any atom is 0.257 e. The fraction of sp³-hybridized carbons (Fsp3) is 0.526. The molecular formula is C19H23F2N5. The van der Waals surface area contributed by atoms with E-state index in [4.69, 9.17) is 0 Å². The number of pyridine rings is 1. The van der Waals surface area contributed by atoms with Crippen molar-refractivity contribution < 1.29 is 8.78 Å². The standard InChI is InChI=1S/C19H23F2N5/c1-15-4-5-17(24-23-15)26-10-6-18(14-26)13-25(9-7-19(18,20)21)12-16-3-2-8-22-11-16/h2-5,8,11H,6-7,9-10,12-14H2,1H3/t18-/m0/s1. The van der Waals surface area contributed by atoms with Gasteiger partial charge in [-0.1, -0.05) is 6.07 Å². The Morgan fingerprint density at radius 2 is 1.96 bits per heavy atom. The number of nitrogens with zero attached hydrogens (tertiary/aromatic N) is 5. The highest BCUT2D eigenvalue weighted by atomic mass is 19.3. The summed E-state index contributed by atoms with van der Waals surface area (Å²) in [6.45, 7) is 4.25. The summed E-state index contributed by atoms with van der Waals surface area (Å²) in [5.41, 5.74) is 0.862. The molecule has 7 heteroatoms. The molecule has 0 aliphatic carbocycles. The van der Waals surface area contributed by atoms with Crippen molar-refractivity contribution >= 4 is 5.82 Å². The van der Waals surface area contributed by atoms with Crippen molar-refractivity contribution in [1.82, 2.24) is 20.1 Å². The Balaban J connectivity index is 1.52. The Bertz CT molecular complexity index is 752. The number of anilines is 1. The van der Waals surface area contributed by atoms with E-state index >= 15 is 0 Å². The Kier molecular flexibility index (Phi) is 4.34. The average molecular weight is 359 g/mol. The summed E-state index contributed by atoms with van der Waals surface area (Å²) in [6.07, 6.45) is 3.91. The lowest BCUT2D eigenvalue weighted by molar-refractivity contribution is -0.158. The van der Waals surface area contributed by atoms with E-state index in [-0.39, 0.29) is 6.42 Å². The van der Waals surface area contributed by atoms with Gasteiger partial charge in [0, 0.05) is 51.5 Å². The fourth-order valence-corrected chi connectivity index (χ4v) is 4.13. The molecule has 0 unspecified atom stereocenters. The zero-order valence-electron chi connectivity index (χ0n) is 14.9. The van der Waals surface area contributed by atoms with Crippen molar-refractivity contribution in [2.75, 3.05) is 31.1 Å². The van der Waals surface area contributed by atoms with E-state index < -0.39 is 11.3 Å². The molecule has 26 heavy (non-hydrogen) atoms. The lowest BCUT2D eigenvalue weighted by Gasteiger charge is -2.46. The molecule has 0 saturated carbocycles. The van der Waals surface area contributed by atoms with E-state index in [1.54, 1.807) is 6.20 Å². The van der Waals surface area contributed by atoms with Gasteiger partial charge in [0.25, 0.3) is 5.92 Å². The average Bonchev–Trinajstić information content (AvgIpc) is 3.06. The zero-order chi connectivity index (χ0) is 18.2. The van der Waals surface area contributed by atoms with Crippen LogP contribution in [0.4, 0.5) is 14.6 Å². The molecule has 0 N–H and O–H groups in total. The van der Waals surface area contributed by atoms with Crippen LogP contribution in [0.1, 0.15) is 24.1 Å². The minimum Gasteiger partial charge on any atom is -0.354 e. The number of piperidine rings is 1. The molecule has 1 atom stereocenters. The van der Waals surface area contributed by atoms with Gasteiger partial charge in [-0.2, -0.15) is 5.10 Å². The van der Waals surface area contributed by atoms with Crippen LogP contribution in [-0.2, 0) is 6.54 Å². The largest absolute Gasteiger partial charge is 0.354 e. The summed E-state index contributed by atoms with van der Waals surface area (Å²) in [5, 5.41) is 8.25. The molecule has 0 aromatic carbocycles. The number of hydrogen-bond acceptors (Lipinski definition) is 5. The lowest BCUT2D eigenvalue weighted by atomic mass is 9.75. The molecule has 1 spiro atoms. The first kappa shape index (κ1) is 17.3. The summed E-state index contributed by atoms with van der Waals surface area (Å²) < 4.78 is 29.9. The second kappa shape index (κ2) is 6.54. The molecule has 2 aliphatic rings. The van der Waals surface area contributed by atoms with E-state index in [1.807, 2.05) is 42.3 Å². The number of hydrogen-bond donors (Lipinski definition) is 0. The van der Waals surface area contributed by atoms with Gasteiger partial charge in [-0.3, -0.25) is 9.88 Å². The molecule has 2 aromatic heterocycles. The second-order valence-corrected chi connectivity index (χ2v) is 7.51. The van der Waals surface area contributed by atoms with Gasteiger partial charge in [-0.25, -0.2) is 8.78 Å². The molecule has 0 amide bonds. The molecule has 0 bridgehead atoms. The van der Waals surface area contributed by atoms with E-state index in [0.717, 1.165) is 11.3 Å². The number of rotatable bonds is 3. The van der Waals surface area contributed by atoms with Crippen LogP contribution in [0.25, 0.3) is 0 Å². The molecule has 138 valence electrons. The molecule has 5 nitrogen and oxygen atoms in total. The second-order valence-electron chi connectivity index (χ2n) is 7.51. The number of aromatic nitrogens is 3. The minimum atomic E-state index is -2.66. The summed E-state index contributed by atoms with van der Waals surface area (Å²) in [4.78, 5) is 8.22. The van der Waals surface area contributed by atoms with Crippen molar-refractivity contribution in [3.63, 3.8) is 0 Å². The lowest BCUT2D eigenvalue weighted by Crippen LogP contribution is -2.56. The Morgan fingerprint density at radius 1 is 1.08 bits per heavy atom. The van der Waals surface area contributed by atoms with Gasteiger partial charge in [0.05, 0.1) is 11.1 Å². The van der Waals surface area contributed by atoms with Crippen molar-refractivity contribution in [3.8, 4) is 0 Å². The van der Waals surface area contributed by atoms with Gasteiger partial charge in [0.15, 0.2) is 5.82 Å². The van der Waals surface area contributed by atoms with Gasteiger partial charge in [-0.15, -0.1) is 5.10 Å².